The molecule has 0 aliphatic heterocycles. The number of hydrogen-bond acceptors (Lipinski definition) is 1. The van der Waals surface area contributed by atoms with Crippen molar-refractivity contribution < 1.29 is 5.11 Å². The molecule has 0 saturated heterocycles. The zero-order valence-electron chi connectivity index (χ0n) is 7.06. The van der Waals surface area contributed by atoms with Gasteiger partial charge in [-0.05, 0) is 17.8 Å². The Morgan fingerprint density at radius 2 is 2.20 bits per heavy atom. The Labute approximate surface area is 63.4 Å². The molecule has 0 aromatic carbocycles. The molecule has 1 nitrogen and oxygen atoms in total. The van der Waals surface area contributed by atoms with Gasteiger partial charge in [-0.2, -0.15) is 0 Å². The molecule has 0 aromatic rings. The van der Waals surface area contributed by atoms with E-state index in [1.807, 2.05) is 0 Å². The zero-order chi connectivity index (χ0) is 7.61. The Bertz CT molecular complexity index is 111. The first kappa shape index (κ1) is 8.06. The van der Waals surface area contributed by atoms with E-state index in [1.54, 1.807) is 0 Å². The molecule has 60 valence electrons. The SMILES string of the molecule is CC1CCCCC1(C)CO. The van der Waals surface area contributed by atoms with Gasteiger partial charge in [0.25, 0.3) is 0 Å². The molecule has 1 fully saturated rings. The summed E-state index contributed by atoms with van der Waals surface area (Å²) in [6, 6.07) is 0. The first-order valence-corrected chi connectivity index (χ1v) is 4.30. The van der Waals surface area contributed by atoms with Crippen LogP contribution in [-0.4, -0.2) is 11.7 Å². The van der Waals surface area contributed by atoms with Crippen LogP contribution in [0.5, 0.6) is 0 Å². The standard InChI is InChI=1S/C9H18O/c1-8-5-3-4-6-9(8,2)7-10/h8,10H,3-7H2,1-2H3. The lowest BCUT2D eigenvalue weighted by Crippen LogP contribution is -2.32. The van der Waals surface area contributed by atoms with Crippen LogP contribution in [0.4, 0.5) is 0 Å². The summed E-state index contributed by atoms with van der Waals surface area (Å²) < 4.78 is 0. The van der Waals surface area contributed by atoms with Crippen molar-refractivity contribution in [2.45, 2.75) is 39.5 Å². The highest BCUT2D eigenvalue weighted by molar-refractivity contribution is 4.82. The van der Waals surface area contributed by atoms with Crippen LogP contribution in [0, 0.1) is 11.3 Å². The van der Waals surface area contributed by atoms with E-state index in [0.717, 1.165) is 0 Å². The van der Waals surface area contributed by atoms with Crippen molar-refractivity contribution >= 4 is 0 Å². The first-order valence-electron chi connectivity index (χ1n) is 4.30. The molecule has 1 N–H and O–H groups in total. The Balaban J connectivity index is 2.54. The number of hydrogen-bond donors (Lipinski definition) is 1. The summed E-state index contributed by atoms with van der Waals surface area (Å²) in [7, 11) is 0. The molecule has 0 heterocycles. The maximum absolute atomic E-state index is 9.12. The second-order valence-corrected chi connectivity index (χ2v) is 3.96. The maximum Gasteiger partial charge on any atom is 0.0487 e. The van der Waals surface area contributed by atoms with E-state index in [9.17, 15) is 0 Å². The fraction of sp³-hybridized carbons (Fsp3) is 1.00. The number of aliphatic hydroxyl groups is 1. The molecule has 0 aromatic heterocycles. The molecule has 1 aliphatic rings. The average Bonchev–Trinajstić information content (AvgIpc) is 1.96. The van der Waals surface area contributed by atoms with Gasteiger partial charge in [0.2, 0.25) is 0 Å². The number of aliphatic hydroxyl groups excluding tert-OH is 1. The van der Waals surface area contributed by atoms with Crippen LogP contribution in [0.25, 0.3) is 0 Å². The third kappa shape index (κ3) is 1.34. The van der Waals surface area contributed by atoms with Crippen molar-refractivity contribution in [1.82, 2.24) is 0 Å². The van der Waals surface area contributed by atoms with Gasteiger partial charge >= 0.3 is 0 Å². The van der Waals surface area contributed by atoms with Crippen molar-refractivity contribution in [2.24, 2.45) is 11.3 Å². The van der Waals surface area contributed by atoms with Gasteiger partial charge in [-0.3, -0.25) is 0 Å². The molecule has 1 rings (SSSR count). The lowest BCUT2D eigenvalue weighted by atomic mass is 9.69. The summed E-state index contributed by atoms with van der Waals surface area (Å²) in [5.41, 5.74) is 0.234. The lowest BCUT2D eigenvalue weighted by molar-refractivity contribution is 0.0496. The highest BCUT2D eigenvalue weighted by Gasteiger charge is 2.32. The van der Waals surface area contributed by atoms with Gasteiger partial charge in [0, 0.05) is 6.61 Å². The first-order chi connectivity index (χ1) is 4.69. The van der Waals surface area contributed by atoms with Crippen LogP contribution in [0.3, 0.4) is 0 Å². The predicted molar refractivity (Wildman–Crippen MR) is 42.8 cm³/mol. The monoisotopic (exact) mass is 142 g/mol. The van der Waals surface area contributed by atoms with Crippen molar-refractivity contribution in [2.75, 3.05) is 6.61 Å². The Morgan fingerprint density at radius 3 is 2.60 bits per heavy atom. The van der Waals surface area contributed by atoms with E-state index < -0.39 is 0 Å². The molecule has 1 saturated carbocycles. The summed E-state index contributed by atoms with van der Waals surface area (Å²) in [5.74, 6) is 0.714. The molecule has 2 unspecified atom stereocenters. The van der Waals surface area contributed by atoms with Gasteiger partial charge in [-0.25, -0.2) is 0 Å². The summed E-state index contributed by atoms with van der Waals surface area (Å²) >= 11 is 0. The number of rotatable bonds is 1. The molecule has 0 bridgehead atoms. The van der Waals surface area contributed by atoms with E-state index in [1.165, 1.54) is 25.7 Å². The molecule has 0 amide bonds. The third-order valence-electron chi connectivity index (χ3n) is 3.19. The Hall–Kier alpha value is -0.0400. The van der Waals surface area contributed by atoms with Gasteiger partial charge in [0.1, 0.15) is 0 Å². The molecule has 2 atom stereocenters. The van der Waals surface area contributed by atoms with Gasteiger partial charge in [-0.15, -0.1) is 0 Å². The van der Waals surface area contributed by atoms with Crippen LogP contribution in [0.15, 0.2) is 0 Å². The van der Waals surface area contributed by atoms with Crippen LogP contribution in [0.2, 0.25) is 0 Å². The van der Waals surface area contributed by atoms with E-state index in [4.69, 9.17) is 5.11 Å². The minimum Gasteiger partial charge on any atom is -0.396 e. The molecular formula is C9H18O. The fourth-order valence-electron chi connectivity index (χ4n) is 1.81. The van der Waals surface area contributed by atoms with Crippen LogP contribution in [-0.2, 0) is 0 Å². The average molecular weight is 142 g/mol. The second kappa shape index (κ2) is 2.91. The molecular weight excluding hydrogens is 124 g/mol. The quantitative estimate of drug-likeness (QED) is 0.595. The van der Waals surface area contributed by atoms with Crippen LogP contribution >= 0.6 is 0 Å². The van der Waals surface area contributed by atoms with Crippen molar-refractivity contribution in [3.63, 3.8) is 0 Å². The van der Waals surface area contributed by atoms with Gasteiger partial charge in [0.05, 0.1) is 0 Å². The second-order valence-electron chi connectivity index (χ2n) is 3.96. The minimum atomic E-state index is 0.234. The molecule has 10 heavy (non-hydrogen) atoms. The van der Waals surface area contributed by atoms with Crippen molar-refractivity contribution in [3.8, 4) is 0 Å². The van der Waals surface area contributed by atoms with Gasteiger partial charge < -0.3 is 5.11 Å². The highest BCUT2D eigenvalue weighted by Crippen LogP contribution is 2.39. The molecule has 1 heteroatoms. The predicted octanol–water partition coefficient (Wildman–Crippen LogP) is 2.20. The Kier molecular flexibility index (Phi) is 2.35. The molecule has 0 spiro atoms. The smallest absolute Gasteiger partial charge is 0.0487 e. The minimum absolute atomic E-state index is 0.234. The Morgan fingerprint density at radius 1 is 1.50 bits per heavy atom. The normalized spacial score (nSPS) is 41.7. The summed E-state index contributed by atoms with van der Waals surface area (Å²) in [6.45, 7) is 4.83. The summed E-state index contributed by atoms with van der Waals surface area (Å²) in [4.78, 5) is 0. The largest absolute Gasteiger partial charge is 0.396 e. The van der Waals surface area contributed by atoms with E-state index in [-0.39, 0.29) is 5.41 Å². The zero-order valence-corrected chi connectivity index (χ0v) is 7.06. The highest BCUT2D eigenvalue weighted by atomic mass is 16.3. The third-order valence-corrected chi connectivity index (χ3v) is 3.19. The van der Waals surface area contributed by atoms with E-state index in [2.05, 4.69) is 13.8 Å². The fourth-order valence-corrected chi connectivity index (χ4v) is 1.81. The van der Waals surface area contributed by atoms with Crippen LogP contribution < -0.4 is 0 Å². The maximum atomic E-state index is 9.12. The van der Waals surface area contributed by atoms with Crippen molar-refractivity contribution in [1.29, 1.82) is 0 Å². The molecule has 0 radical (unpaired) electrons. The summed E-state index contributed by atoms with van der Waals surface area (Å²) in [6.07, 6.45) is 5.18. The summed E-state index contributed by atoms with van der Waals surface area (Å²) in [5, 5.41) is 9.12. The van der Waals surface area contributed by atoms with Crippen LogP contribution in [0.1, 0.15) is 39.5 Å². The van der Waals surface area contributed by atoms with Crippen molar-refractivity contribution in [3.05, 3.63) is 0 Å². The lowest BCUT2D eigenvalue weighted by Gasteiger charge is -2.38. The van der Waals surface area contributed by atoms with Gasteiger partial charge in [0.15, 0.2) is 0 Å². The van der Waals surface area contributed by atoms with Gasteiger partial charge in [-0.1, -0.05) is 33.1 Å². The topological polar surface area (TPSA) is 20.2 Å². The van der Waals surface area contributed by atoms with E-state index in [0.29, 0.717) is 12.5 Å². The van der Waals surface area contributed by atoms with E-state index >= 15 is 0 Å². The molecule has 1 aliphatic carbocycles.